The molecule has 1 aliphatic heterocycles. The fourth-order valence-corrected chi connectivity index (χ4v) is 2.99. The van der Waals surface area contributed by atoms with Gasteiger partial charge in [-0.15, -0.1) is 0 Å². The molecule has 8 N–H and O–H groups in total. The second-order valence-electron chi connectivity index (χ2n) is 6.68. The zero-order valence-corrected chi connectivity index (χ0v) is 20.5. The van der Waals surface area contributed by atoms with Gasteiger partial charge in [0.05, 0.1) is 6.04 Å². The molecule has 0 bridgehead atoms. The molecule has 1 aliphatic carbocycles. The van der Waals surface area contributed by atoms with E-state index >= 15 is 0 Å². The van der Waals surface area contributed by atoms with Gasteiger partial charge in [0.25, 0.3) is 6.47 Å². The molecule has 2 unspecified atom stereocenters. The van der Waals surface area contributed by atoms with Crippen molar-refractivity contribution in [3.05, 3.63) is 29.3 Å². The van der Waals surface area contributed by atoms with Gasteiger partial charge in [0, 0.05) is 18.2 Å². The number of rotatable bonds is 4. The van der Waals surface area contributed by atoms with Crippen LogP contribution in [0.25, 0.3) is 0 Å². The van der Waals surface area contributed by atoms with Crippen LogP contribution >= 0.6 is 0 Å². The number of hydrogen-bond donors (Lipinski definition) is 5. The number of hydrogen-bond acceptors (Lipinski definition) is 7. The van der Waals surface area contributed by atoms with Crippen LogP contribution in [0.3, 0.4) is 0 Å². The molecule has 0 amide bonds. The Labute approximate surface area is 192 Å². The second-order valence-corrected chi connectivity index (χ2v) is 6.68. The van der Waals surface area contributed by atoms with Crippen molar-refractivity contribution >= 4 is 12.3 Å². The maximum absolute atomic E-state index is 8.36. The van der Waals surface area contributed by atoms with Crippen molar-refractivity contribution < 1.29 is 24.6 Å². The van der Waals surface area contributed by atoms with E-state index in [0.717, 1.165) is 42.6 Å². The highest BCUT2D eigenvalue weighted by molar-refractivity contribution is 5.98. The zero-order chi connectivity index (χ0) is 25.1. The van der Waals surface area contributed by atoms with Crippen molar-refractivity contribution in [2.45, 2.75) is 91.5 Å². The molecule has 0 spiro atoms. The zero-order valence-electron chi connectivity index (χ0n) is 20.5. The molecule has 1 aromatic carbocycles. The molecule has 32 heavy (non-hydrogen) atoms. The molecule has 0 radical (unpaired) electrons. The first-order valence-electron chi connectivity index (χ1n) is 11.3. The van der Waals surface area contributed by atoms with E-state index in [0.29, 0.717) is 5.84 Å². The van der Waals surface area contributed by atoms with Crippen molar-refractivity contribution in [1.29, 1.82) is 0 Å². The number of nitrogens with two attached hydrogens (primary N) is 3. The average Bonchev–Trinajstić information content (AvgIpc) is 2.80. The first kappa shape index (κ1) is 32.0. The Morgan fingerprint density at radius 3 is 2.31 bits per heavy atom. The summed E-state index contributed by atoms with van der Waals surface area (Å²) in [4.78, 5) is 17.8. The molecule has 1 saturated carbocycles. The largest absolute Gasteiger partial charge is 0.487 e. The van der Waals surface area contributed by atoms with E-state index in [-0.39, 0.29) is 37.4 Å². The third-order valence-corrected chi connectivity index (χ3v) is 4.54. The summed E-state index contributed by atoms with van der Waals surface area (Å²) in [5.41, 5.74) is 14.0. The van der Waals surface area contributed by atoms with E-state index in [1.807, 2.05) is 46.8 Å². The molecule has 1 heterocycles. The molecule has 3 rings (SSSR count). The minimum atomic E-state index is -0.250. The number of amidine groups is 1. The summed E-state index contributed by atoms with van der Waals surface area (Å²) >= 11 is 0. The maximum atomic E-state index is 8.36. The number of aryl methyl sites for hydroxylation is 1. The van der Waals surface area contributed by atoms with Crippen molar-refractivity contribution in [3.8, 4) is 5.75 Å². The van der Waals surface area contributed by atoms with Gasteiger partial charge in [0.15, 0.2) is 0 Å². The van der Waals surface area contributed by atoms with Crippen LogP contribution in [0.2, 0.25) is 0 Å². The first-order valence-corrected chi connectivity index (χ1v) is 11.3. The monoisotopic (exact) mass is 456 g/mol. The summed E-state index contributed by atoms with van der Waals surface area (Å²) in [6.45, 7) is 11.6. The van der Waals surface area contributed by atoms with E-state index in [9.17, 15) is 0 Å². The summed E-state index contributed by atoms with van der Waals surface area (Å²) in [5.74, 6) is 6.70. The Hall–Kier alpha value is -2.20. The van der Waals surface area contributed by atoms with Crippen LogP contribution in [-0.2, 0) is 16.1 Å². The van der Waals surface area contributed by atoms with Gasteiger partial charge in [-0.1, -0.05) is 27.7 Å². The van der Waals surface area contributed by atoms with Gasteiger partial charge in [0.2, 0.25) is 0 Å². The Morgan fingerprint density at radius 1 is 1.31 bits per heavy atom. The van der Waals surface area contributed by atoms with Gasteiger partial charge in [-0.3, -0.25) is 14.6 Å². The highest BCUT2D eigenvalue weighted by Crippen LogP contribution is 2.30. The maximum Gasteiger partial charge on any atom is 0.290 e. The smallest absolute Gasteiger partial charge is 0.290 e. The molecule has 2 atom stereocenters. The summed E-state index contributed by atoms with van der Waals surface area (Å²) in [6, 6.07) is 6.52. The number of aliphatic hydroxyl groups excluding tert-OH is 1. The lowest BCUT2D eigenvalue weighted by molar-refractivity contribution is -0.122. The summed E-state index contributed by atoms with van der Waals surface area (Å²) in [7, 11) is 0. The molecule has 0 aromatic heterocycles. The summed E-state index contributed by atoms with van der Waals surface area (Å²) < 4.78 is 5.94. The van der Waals surface area contributed by atoms with Crippen LogP contribution in [0.15, 0.2) is 23.2 Å². The fraction of sp³-hybridized carbons (Fsp3) is 0.652. The quantitative estimate of drug-likeness (QED) is 0.199. The number of ether oxygens (including phenoxy) is 1. The lowest BCUT2D eigenvalue weighted by Gasteiger charge is -2.30. The number of fused-ring (bicyclic) bond motifs is 1. The standard InChI is InChI=1S/C16H24N4O2.C2H6O.2C2H6.CH2O2/c1-9(22-19)14-4-2-10-6-11(3-5-15(10)21-14)16(18)20-13-7-12(17)8-13;1-2-3;2*1-2;2-1-3/h3,5-6,9,12-14H,2,4,7-8,17,19H2,1H3,(H2,18,20);3H,2H2,1H3;2*1-2H3;1H,(H,2,3). The predicted octanol–water partition coefficient (Wildman–Crippen LogP) is 2.61. The molecule has 1 fully saturated rings. The van der Waals surface area contributed by atoms with Crippen molar-refractivity contribution in [2.75, 3.05) is 6.61 Å². The summed E-state index contributed by atoms with van der Waals surface area (Å²) in [6.07, 6.45) is 3.51. The highest BCUT2D eigenvalue weighted by Gasteiger charge is 2.27. The van der Waals surface area contributed by atoms with Crippen LogP contribution in [0.4, 0.5) is 0 Å². The van der Waals surface area contributed by atoms with E-state index in [4.69, 9.17) is 41.9 Å². The molecule has 9 nitrogen and oxygen atoms in total. The van der Waals surface area contributed by atoms with Gasteiger partial charge < -0.3 is 26.4 Å². The normalized spacial score (nSPS) is 21.4. The molecule has 186 valence electrons. The topological polar surface area (TPSA) is 166 Å². The Bertz CT molecular complexity index is 637. The second kappa shape index (κ2) is 19.5. The van der Waals surface area contributed by atoms with Crippen LogP contribution < -0.4 is 22.1 Å². The third-order valence-electron chi connectivity index (χ3n) is 4.54. The van der Waals surface area contributed by atoms with Gasteiger partial charge in [-0.05, 0) is 63.3 Å². The van der Waals surface area contributed by atoms with Crippen molar-refractivity contribution in [2.24, 2.45) is 22.4 Å². The fourth-order valence-electron chi connectivity index (χ4n) is 2.99. The van der Waals surface area contributed by atoms with Crippen molar-refractivity contribution in [3.63, 3.8) is 0 Å². The van der Waals surface area contributed by atoms with E-state index < -0.39 is 0 Å². The molecular formula is C23H44N4O5. The number of carbonyl (C=O) groups is 1. The van der Waals surface area contributed by atoms with Gasteiger partial charge in [-0.2, -0.15) is 0 Å². The molecule has 2 aliphatic rings. The van der Waals surface area contributed by atoms with E-state index in [2.05, 4.69) is 11.1 Å². The highest BCUT2D eigenvalue weighted by atomic mass is 16.6. The lowest BCUT2D eigenvalue weighted by Crippen LogP contribution is -2.40. The Kier molecular flexibility index (Phi) is 19.5. The van der Waals surface area contributed by atoms with Gasteiger partial charge in [-0.25, -0.2) is 5.90 Å². The number of carboxylic acid groups (broad SMARTS) is 1. The SMILES string of the molecule is CC.CC.CC(ON)C1CCc2cc(C(N)=NC3CC(N)C3)ccc2O1.CCO.O=CO. The van der Waals surface area contributed by atoms with Gasteiger partial charge in [0.1, 0.15) is 23.8 Å². The molecule has 1 aromatic rings. The predicted molar refractivity (Wildman–Crippen MR) is 130 cm³/mol. The Balaban J connectivity index is 0. The lowest BCUT2D eigenvalue weighted by atomic mass is 9.88. The number of nitrogens with zero attached hydrogens (tertiary/aromatic N) is 1. The minimum Gasteiger partial charge on any atom is -0.487 e. The van der Waals surface area contributed by atoms with E-state index in [1.54, 1.807) is 6.92 Å². The third kappa shape index (κ3) is 11.4. The number of benzene rings is 1. The van der Waals surface area contributed by atoms with Crippen LogP contribution in [0, 0.1) is 0 Å². The van der Waals surface area contributed by atoms with Crippen LogP contribution in [0.5, 0.6) is 5.75 Å². The van der Waals surface area contributed by atoms with Crippen molar-refractivity contribution in [1.82, 2.24) is 0 Å². The Morgan fingerprint density at radius 2 is 1.84 bits per heavy atom. The average molecular weight is 457 g/mol. The van der Waals surface area contributed by atoms with Crippen LogP contribution in [-0.4, -0.2) is 53.4 Å². The molecule has 0 saturated heterocycles. The number of aliphatic hydroxyl groups is 1. The first-order chi connectivity index (χ1) is 15.4. The van der Waals surface area contributed by atoms with Crippen LogP contribution in [0.1, 0.15) is 71.9 Å². The summed E-state index contributed by atoms with van der Waals surface area (Å²) in [5, 5.41) is 14.5. The van der Waals surface area contributed by atoms with E-state index in [1.165, 1.54) is 0 Å². The minimum absolute atomic E-state index is 0.00849. The van der Waals surface area contributed by atoms with Gasteiger partial charge >= 0.3 is 0 Å². The molecule has 9 heteroatoms. The molecular weight excluding hydrogens is 412 g/mol. The number of aliphatic imine (C=N–C) groups is 1.